The van der Waals surface area contributed by atoms with Crippen LogP contribution in [0.2, 0.25) is 0 Å². The smallest absolute Gasteiger partial charge is 0.260 e. The summed E-state index contributed by atoms with van der Waals surface area (Å²) in [5.41, 5.74) is 2.52. The Balaban J connectivity index is 2.26. The molecule has 2 aromatic heterocycles. The molecule has 0 fully saturated rings. The van der Waals surface area contributed by atoms with Gasteiger partial charge in [-0.1, -0.05) is 20.3 Å². The Hall–Kier alpha value is -1.62. The number of unbranched alkanes of at least 4 members (excludes halogenated alkanes) is 1. The molecule has 0 bridgehead atoms. The summed E-state index contributed by atoms with van der Waals surface area (Å²) in [5, 5.41) is 6.15. The van der Waals surface area contributed by atoms with Crippen molar-refractivity contribution in [3.05, 3.63) is 33.6 Å². The first-order valence-corrected chi connectivity index (χ1v) is 8.45. The van der Waals surface area contributed by atoms with E-state index in [4.69, 9.17) is 0 Å². The highest BCUT2D eigenvalue weighted by Gasteiger charge is 2.11. The van der Waals surface area contributed by atoms with E-state index in [2.05, 4.69) is 24.1 Å². The molecular weight excluding hydrogens is 282 g/mol. The second-order valence-corrected chi connectivity index (χ2v) is 6.02. The third-order valence-corrected chi connectivity index (χ3v) is 4.23. The second kappa shape index (κ2) is 7.41. The molecule has 4 nitrogen and oxygen atoms in total. The van der Waals surface area contributed by atoms with Crippen LogP contribution in [0.1, 0.15) is 38.8 Å². The molecule has 2 rings (SSSR count). The van der Waals surface area contributed by atoms with E-state index in [-0.39, 0.29) is 5.56 Å². The van der Waals surface area contributed by atoms with Crippen molar-refractivity contribution in [1.29, 1.82) is 0 Å². The van der Waals surface area contributed by atoms with Crippen molar-refractivity contribution >= 4 is 16.5 Å². The zero-order valence-corrected chi connectivity index (χ0v) is 13.8. The number of pyridine rings is 1. The lowest BCUT2D eigenvalue weighted by atomic mass is 10.2. The summed E-state index contributed by atoms with van der Waals surface area (Å²) in [6.07, 6.45) is 3.23. The van der Waals surface area contributed by atoms with Gasteiger partial charge in [-0.15, -0.1) is 11.3 Å². The minimum Gasteiger partial charge on any atom is -0.362 e. The summed E-state index contributed by atoms with van der Waals surface area (Å²) in [6, 6.07) is 3.88. The second-order valence-electron chi connectivity index (χ2n) is 5.16. The van der Waals surface area contributed by atoms with E-state index in [0.29, 0.717) is 5.56 Å². The summed E-state index contributed by atoms with van der Waals surface area (Å²) in [4.78, 5) is 17.1. The number of hydrogen-bond acceptors (Lipinski definition) is 4. The van der Waals surface area contributed by atoms with Crippen molar-refractivity contribution < 1.29 is 0 Å². The quantitative estimate of drug-likeness (QED) is 0.789. The zero-order valence-electron chi connectivity index (χ0n) is 13.0. The maximum Gasteiger partial charge on any atom is 0.260 e. The first-order chi connectivity index (χ1) is 10.2. The average molecular weight is 305 g/mol. The van der Waals surface area contributed by atoms with Crippen LogP contribution in [0.4, 0.5) is 5.13 Å². The number of aryl methyl sites for hydroxylation is 1. The Bertz CT molecular complexity index is 645. The molecule has 0 spiro atoms. The predicted molar refractivity (Wildman–Crippen MR) is 90.2 cm³/mol. The zero-order chi connectivity index (χ0) is 15.2. The van der Waals surface area contributed by atoms with E-state index in [9.17, 15) is 4.79 Å². The molecule has 2 heterocycles. The van der Waals surface area contributed by atoms with E-state index < -0.39 is 0 Å². The van der Waals surface area contributed by atoms with E-state index in [1.807, 2.05) is 29.0 Å². The van der Waals surface area contributed by atoms with Crippen LogP contribution in [-0.2, 0) is 6.54 Å². The molecule has 0 amide bonds. The summed E-state index contributed by atoms with van der Waals surface area (Å²) >= 11 is 1.56. The molecule has 0 saturated heterocycles. The molecule has 0 radical (unpaired) electrons. The lowest BCUT2D eigenvalue weighted by Gasteiger charge is -2.09. The number of anilines is 1. The van der Waals surface area contributed by atoms with Crippen molar-refractivity contribution in [2.24, 2.45) is 0 Å². The van der Waals surface area contributed by atoms with Crippen LogP contribution in [-0.4, -0.2) is 16.1 Å². The monoisotopic (exact) mass is 305 g/mol. The summed E-state index contributed by atoms with van der Waals surface area (Å²) in [5.74, 6) is 0. The summed E-state index contributed by atoms with van der Waals surface area (Å²) in [6.45, 7) is 7.90. The van der Waals surface area contributed by atoms with Gasteiger partial charge in [0.05, 0.1) is 11.3 Å². The van der Waals surface area contributed by atoms with Crippen LogP contribution >= 0.6 is 11.3 Å². The highest BCUT2D eigenvalue weighted by Crippen LogP contribution is 2.23. The van der Waals surface area contributed by atoms with E-state index in [1.165, 1.54) is 0 Å². The van der Waals surface area contributed by atoms with Crippen molar-refractivity contribution in [3.8, 4) is 11.3 Å². The van der Waals surface area contributed by atoms with Gasteiger partial charge < -0.3 is 9.88 Å². The number of thiazole rings is 1. The van der Waals surface area contributed by atoms with E-state index in [0.717, 1.165) is 48.9 Å². The number of rotatable bonds is 7. The lowest BCUT2D eigenvalue weighted by molar-refractivity contribution is 0.636. The van der Waals surface area contributed by atoms with Gasteiger partial charge in [0.25, 0.3) is 5.56 Å². The number of hydrogen-bond donors (Lipinski definition) is 1. The van der Waals surface area contributed by atoms with Crippen molar-refractivity contribution in [1.82, 2.24) is 9.55 Å². The minimum atomic E-state index is 0.0576. The summed E-state index contributed by atoms with van der Waals surface area (Å²) < 4.78 is 1.83. The lowest BCUT2D eigenvalue weighted by Crippen LogP contribution is -2.23. The molecule has 0 aliphatic carbocycles. The number of aromatic nitrogens is 2. The van der Waals surface area contributed by atoms with E-state index >= 15 is 0 Å². The minimum absolute atomic E-state index is 0.0576. The molecule has 0 saturated carbocycles. The van der Waals surface area contributed by atoms with Crippen LogP contribution in [0.25, 0.3) is 11.3 Å². The number of nitrogens with zero attached hydrogens (tertiary/aromatic N) is 2. The Kier molecular flexibility index (Phi) is 5.56. The fourth-order valence-electron chi connectivity index (χ4n) is 2.22. The highest BCUT2D eigenvalue weighted by molar-refractivity contribution is 7.14. The third kappa shape index (κ3) is 3.73. The van der Waals surface area contributed by atoms with Crippen molar-refractivity contribution in [2.75, 3.05) is 11.9 Å². The Morgan fingerprint density at radius 2 is 2.10 bits per heavy atom. The normalized spacial score (nSPS) is 10.8. The maximum atomic E-state index is 12.6. The largest absolute Gasteiger partial charge is 0.362 e. The van der Waals surface area contributed by atoms with Crippen LogP contribution < -0.4 is 10.9 Å². The SMILES string of the molecule is CCCCNc1nc(-c2ccc(C)n(CCC)c2=O)cs1. The molecule has 2 aromatic rings. The van der Waals surface area contributed by atoms with Gasteiger partial charge in [0.2, 0.25) is 0 Å². The average Bonchev–Trinajstić information content (AvgIpc) is 2.92. The predicted octanol–water partition coefficient (Wildman–Crippen LogP) is 3.90. The molecular formula is C16H23N3OS. The van der Waals surface area contributed by atoms with Crippen LogP contribution in [0.5, 0.6) is 0 Å². The molecule has 0 aliphatic rings. The van der Waals surface area contributed by atoms with Crippen molar-refractivity contribution in [3.63, 3.8) is 0 Å². The molecule has 21 heavy (non-hydrogen) atoms. The highest BCUT2D eigenvalue weighted by atomic mass is 32.1. The first-order valence-electron chi connectivity index (χ1n) is 7.57. The molecule has 1 N–H and O–H groups in total. The third-order valence-electron chi connectivity index (χ3n) is 3.43. The number of nitrogens with one attached hydrogen (secondary N) is 1. The maximum absolute atomic E-state index is 12.6. The van der Waals surface area contributed by atoms with Gasteiger partial charge in [-0.2, -0.15) is 0 Å². The first kappa shape index (κ1) is 15.8. The van der Waals surface area contributed by atoms with Crippen LogP contribution in [0.15, 0.2) is 22.3 Å². The molecule has 0 atom stereocenters. The van der Waals surface area contributed by atoms with Crippen LogP contribution in [0, 0.1) is 6.92 Å². The molecule has 0 aromatic carbocycles. The molecule has 114 valence electrons. The molecule has 0 unspecified atom stereocenters. The Morgan fingerprint density at radius 3 is 2.81 bits per heavy atom. The topological polar surface area (TPSA) is 46.9 Å². The Morgan fingerprint density at radius 1 is 1.29 bits per heavy atom. The fourth-order valence-corrected chi connectivity index (χ4v) is 2.96. The van der Waals surface area contributed by atoms with Gasteiger partial charge in [0.1, 0.15) is 0 Å². The van der Waals surface area contributed by atoms with Gasteiger partial charge in [0, 0.05) is 24.2 Å². The van der Waals surface area contributed by atoms with Gasteiger partial charge in [0.15, 0.2) is 5.13 Å². The summed E-state index contributed by atoms with van der Waals surface area (Å²) in [7, 11) is 0. The van der Waals surface area contributed by atoms with Gasteiger partial charge in [-0.3, -0.25) is 4.79 Å². The van der Waals surface area contributed by atoms with Crippen molar-refractivity contribution in [2.45, 2.75) is 46.6 Å². The standard InChI is InChI=1S/C16H23N3OS/c1-4-6-9-17-16-18-14(11-21-16)13-8-7-12(3)19(10-5-2)15(13)20/h7-8,11H,4-6,9-10H2,1-3H3,(H,17,18). The Labute approximate surface area is 129 Å². The molecule has 0 aliphatic heterocycles. The van der Waals surface area contributed by atoms with Gasteiger partial charge in [-0.25, -0.2) is 4.98 Å². The molecule has 5 heteroatoms. The fraction of sp³-hybridized carbons (Fsp3) is 0.500. The van der Waals surface area contributed by atoms with Gasteiger partial charge >= 0.3 is 0 Å². The van der Waals surface area contributed by atoms with Gasteiger partial charge in [-0.05, 0) is 31.9 Å². The van der Waals surface area contributed by atoms with Crippen LogP contribution in [0.3, 0.4) is 0 Å². The van der Waals surface area contributed by atoms with E-state index in [1.54, 1.807) is 11.3 Å².